The lowest BCUT2D eigenvalue weighted by Gasteiger charge is -2.14. The van der Waals surface area contributed by atoms with Crippen LogP contribution in [0.5, 0.6) is 17.5 Å². The smallest absolute Gasteiger partial charge is 0.220 e. The summed E-state index contributed by atoms with van der Waals surface area (Å²) < 4.78 is 17.0. The maximum absolute atomic E-state index is 5.77. The van der Waals surface area contributed by atoms with E-state index in [1.807, 2.05) is 39.8 Å². The van der Waals surface area contributed by atoms with E-state index in [1.54, 1.807) is 0 Å². The van der Waals surface area contributed by atoms with Crippen molar-refractivity contribution in [1.29, 1.82) is 0 Å². The molecule has 1 aliphatic rings. The van der Waals surface area contributed by atoms with E-state index in [4.69, 9.17) is 14.2 Å². The average molecular weight is 251 g/mol. The summed E-state index contributed by atoms with van der Waals surface area (Å²) in [6.07, 6.45) is 2.78. The van der Waals surface area contributed by atoms with Crippen molar-refractivity contribution < 1.29 is 14.2 Å². The maximum atomic E-state index is 5.77. The Hall–Kier alpha value is -1.45. The summed E-state index contributed by atoms with van der Waals surface area (Å²) >= 11 is 0. The lowest BCUT2D eigenvalue weighted by molar-refractivity contribution is 0.207. The first-order chi connectivity index (χ1) is 8.52. The SMILES string of the molecule is CC(C)Oc1cc(OC2CC2)cc(OC(C)C)n1. The van der Waals surface area contributed by atoms with Gasteiger partial charge < -0.3 is 14.2 Å². The normalized spacial score (nSPS) is 15.0. The van der Waals surface area contributed by atoms with E-state index in [1.165, 1.54) is 0 Å². The van der Waals surface area contributed by atoms with Gasteiger partial charge in [0.25, 0.3) is 0 Å². The van der Waals surface area contributed by atoms with Crippen LogP contribution >= 0.6 is 0 Å². The van der Waals surface area contributed by atoms with E-state index in [-0.39, 0.29) is 12.2 Å². The van der Waals surface area contributed by atoms with Gasteiger partial charge in [-0.2, -0.15) is 4.98 Å². The standard InChI is InChI=1S/C14H21NO3/c1-9(2)16-13-7-12(18-11-5-6-11)8-14(15-13)17-10(3)4/h7-11H,5-6H2,1-4H3. The minimum Gasteiger partial charge on any atom is -0.490 e. The summed E-state index contributed by atoms with van der Waals surface area (Å²) in [4.78, 5) is 4.32. The van der Waals surface area contributed by atoms with Crippen LogP contribution in [0.2, 0.25) is 0 Å². The van der Waals surface area contributed by atoms with Crippen molar-refractivity contribution in [2.24, 2.45) is 0 Å². The van der Waals surface area contributed by atoms with Crippen molar-refractivity contribution >= 4 is 0 Å². The van der Waals surface area contributed by atoms with Crippen LogP contribution in [-0.4, -0.2) is 23.3 Å². The largest absolute Gasteiger partial charge is 0.490 e. The number of pyridine rings is 1. The van der Waals surface area contributed by atoms with Crippen LogP contribution in [-0.2, 0) is 0 Å². The third-order valence-corrected chi connectivity index (χ3v) is 2.29. The molecule has 0 spiro atoms. The topological polar surface area (TPSA) is 40.6 Å². The number of hydrogen-bond acceptors (Lipinski definition) is 4. The number of rotatable bonds is 6. The van der Waals surface area contributed by atoms with E-state index in [0.717, 1.165) is 18.6 Å². The Bertz CT molecular complexity index is 339. The lowest BCUT2D eigenvalue weighted by Crippen LogP contribution is -2.11. The van der Waals surface area contributed by atoms with Gasteiger partial charge in [0.1, 0.15) is 5.75 Å². The molecular weight excluding hydrogens is 230 g/mol. The summed E-state index contributed by atoms with van der Waals surface area (Å²) in [5, 5.41) is 0. The zero-order valence-electron chi connectivity index (χ0n) is 11.5. The molecule has 0 saturated heterocycles. The highest BCUT2D eigenvalue weighted by atomic mass is 16.5. The van der Waals surface area contributed by atoms with Crippen molar-refractivity contribution in [1.82, 2.24) is 4.98 Å². The predicted octanol–water partition coefficient (Wildman–Crippen LogP) is 3.20. The Kier molecular flexibility index (Phi) is 3.94. The van der Waals surface area contributed by atoms with Gasteiger partial charge in [0.05, 0.1) is 18.3 Å². The first kappa shape index (κ1) is 13.0. The fourth-order valence-electron chi connectivity index (χ4n) is 1.51. The fourth-order valence-corrected chi connectivity index (χ4v) is 1.51. The van der Waals surface area contributed by atoms with Crippen LogP contribution in [0, 0.1) is 0 Å². The monoisotopic (exact) mass is 251 g/mol. The van der Waals surface area contributed by atoms with Gasteiger partial charge in [-0.05, 0) is 40.5 Å². The maximum Gasteiger partial charge on any atom is 0.220 e. The molecular formula is C14H21NO3. The Balaban J connectivity index is 2.16. The highest BCUT2D eigenvalue weighted by molar-refractivity contribution is 5.34. The van der Waals surface area contributed by atoms with Crippen LogP contribution < -0.4 is 14.2 Å². The van der Waals surface area contributed by atoms with Crippen molar-refractivity contribution in [2.75, 3.05) is 0 Å². The van der Waals surface area contributed by atoms with Gasteiger partial charge in [-0.25, -0.2) is 0 Å². The molecule has 2 rings (SSSR count). The third-order valence-electron chi connectivity index (χ3n) is 2.29. The van der Waals surface area contributed by atoms with Gasteiger partial charge in [-0.1, -0.05) is 0 Å². The Labute approximate surface area is 108 Å². The molecule has 1 aromatic rings. The molecule has 1 fully saturated rings. The zero-order chi connectivity index (χ0) is 13.1. The van der Waals surface area contributed by atoms with E-state index in [2.05, 4.69) is 4.98 Å². The van der Waals surface area contributed by atoms with Crippen LogP contribution in [0.1, 0.15) is 40.5 Å². The van der Waals surface area contributed by atoms with Crippen molar-refractivity contribution in [3.8, 4) is 17.5 Å². The molecule has 0 N–H and O–H groups in total. The summed E-state index contributed by atoms with van der Waals surface area (Å²) in [6, 6.07) is 3.65. The number of ether oxygens (including phenoxy) is 3. The predicted molar refractivity (Wildman–Crippen MR) is 69.4 cm³/mol. The molecule has 0 aromatic carbocycles. The minimum atomic E-state index is 0.0839. The van der Waals surface area contributed by atoms with E-state index < -0.39 is 0 Å². The van der Waals surface area contributed by atoms with Gasteiger partial charge in [-0.15, -0.1) is 0 Å². The van der Waals surface area contributed by atoms with E-state index in [9.17, 15) is 0 Å². The molecule has 0 amide bonds. The van der Waals surface area contributed by atoms with Crippen LogP contribution in [0.3, 0.4) is 0 Å². The highest BCUT2D eigenvalue weighted by Crippen LogP contribution is 2.31. The average Bonchev–Trinajstić information content (AvgIpc) is 2.98. The second kappa shape index (κ2) is 5.46. The highest BCUT2D eigenvalue weighted by Gasteiger charge is 2.24. The van der Waals surface area contributed by atoms with Crippen molar-refractivity contribution in [2.45, 2.75) is 58.8 Å². The second-order valence-electron chi connectivity index (χ2n) is 5.13. The summed E-state index contributed by atoms with van der Waals surface area (Å²) in [6.45, 7) is 7.89. The van der Waals surface area contributed by atoms with Crippen molar-refractivity contribution in [3.63, 3.8) is 0 Å². The van der Waals surface area contributed by atoms with Gasteiger partial charge in [-0.3, -0.25) is 0 Å². The van der Waals surface area contributed by atoms with Crippen molar-refractivity contribution in [3.05, 3.63) is 12.1 Å². The number of hydrogen-bond donors (Lipinski definition) is 0. The van der Waals surface area contributed by atoms with Gasteiger partial charge in [0, 0.05) is 12.1 Å². The zero-order valence-corrected chi connectivity index (χ0v) is 11.5. The molecule has 18 heavy (non-hydrogen) atoms. The molecule has 0 atom stereocenters. The Morgan fingerprint density at radius 3 is 1.89 bits per heavy atom. The van der Waals surface area contributed by atoms with Crippen LogP contribution in [0.25, 0.3) is 0 Å². The molecule has 1 saturated carbocycles. The molecule has 0 radical (unpaired) electrons. The molecule has 0 unspecified atom stereocenters. The minimum absolute atomic E-state index is 0.0839. The van der Waals surface area contributed by atoms with Crippen LogP contribution in [0.15, 0.2) is 12.1 Å². The van der Waals surface area contributed by atoms with E-state index in [0.29, 0.717) is 17.9 Å². The van der Waals surface area contributed by atoms with Gasteiger partial charge >= 0.3 is 0 Å². The third kappa shape index (κ3) is 4.09. The second-order valence-corrected chi connectivity index (χ2v) is 5.13. The fraction of sp³-hybridized carbons (Fsp3) is 0.643. The quantitative estimate of drug-likeness (QED) is 0.778. The molecule has 4 nitrogen and oxygen atoms in total. The lowest BCUT2D eigenvalue weighted by atomic mass is 10.4. The van der Waals surface area contributed by atoms with Gasteiger partial charge in [0.15, 0.2) is 0 Å². The molecule has 1 heterocycles. The molecule has 1 aromatic heterocycles. The summed E-state index contributed by atoms with van der Waals surface area (Å²) in [5.41, 5.74) is 0. The van der Waals surface area contributed by atoms with Gasteiger partial charge in [0.2, 0.25) is 11.8 Å². The molecule has 0 bridgehead atoms. The molecule has 1 aliphatic carbocycles. The Morgan fingerprint density at radius 1 is 1.00 bits per heavy atom. The molecule has 4 heteroatoms. The molecule has 100 valence electrons. The van der Waals surface area contributed by atoms with Crippen LogP contribution in [0.4, 0.5) is 0 Å². The Morgan fingerprint density at radius 2 is 1.50 bits per heavy atom. The molecule has 0 aliphatic heterocycles. The number of aromatic nitrogens is 1. The summed E-state index contributed by atoms with van der Waals surface area (Å²) in [5.74, 6) is 1.89. The van der Waals surface area contributed by atoms with E-state index >= 15 is 0 Å². The first-order valence-corrected chi connectivity index (χ1v) is 6.55. The first-order valence-electron chi connectivity index (χ1n) is 6.55. The number of nitrogens with zero attached hydrogens (tertiary/aromatic N) is 1. The summed E-state index contributed by atoms with van der Waals surface area (Å²) in [7, 11) is 0.